The third-order valence-corrected chi connectivity index (χ3v) is 3.45. The summed E-state index contributed by atoms with van der Waals surface area (Å²) in [7, 11) is 0. The Hall–Kier alpha value is -2.02. The van der Waals surface area contributed by atoms with E-state index in [9.17, 15) is 0 Å². The fraction of sp³-hybridized carbons (Fsp3) is 0.538. The van der Waals surface area contributed by atoms with Crippen molar-refractivity contribution >= 4 is 5.95 Å². The van der Waals surface area contributed by atoms with Crippen molar-refractivity contribution in [3.63, 3.8) is 0 Å². The van der Waals surface area contributed by atoms with Gasteiger partial charge < -0.3 is 4.90 Å². The Morgan fingerprint density at radius 3 is 2.60 bits per heavy atom. The molecule has 1 N–H and O–H groups in total. The molecule has 0 radical (unpaired) electrons. The van der Waals surface area contributed by atoms with Crippen LogP contribution in [0.15, 0.2) is 12.3 Å². The molecule has 0 amide bonds. The lowest BCUT2D eigenvalue weighted by molar-refractivity contribution is 0.243. The van der Waals surface area contributed by atoms with Crippen LogP contribution in [0.5, 0.6) is 0 Å². The third-order valence-electron chi connectivity index (χ3n) is 3.45. The van der Waals surface area contributed by atoms with E-state index in [0.29, 0.717) is 0 Å². The van der Waals surface area contributed by atoms with Crippen LogP contribution >= 0.6 is 0 Å². The Morgan fingerprint density at radius 2 is 1.95 bits per heavy atom. The first-order valence-electron chi connectivity index (χ1n) is 6.85. The molecule has 1 aliphatic rings. The second-order valence-corrected chi connectivity index (χ2v) is 5.10. The summed E-state index contributed by atoms with van der Waals surface area (Å²) < 4.78 is 0. The number of aryl methyl sites for hydroxylation is 2. The lowest BCUT2D eigenvalue weighted by atomic mass is 10.3. The van der Waals surface area contributed by atoms with E-state index in [1.165, 1.54) is 0 Å². The molecule has 0 aliphatic carbocycles. The van der Waals surface area contributed by atoms with E-state index in [1.54, 1.807) is 0 Å². The van der Waals surface area contributed by atoms with Crippen LogP contribution in [-0.2, 0) is 6.54 Å². The molecule has 0 spiro atoms. The molecular formula is C13H19N7. The normalized spacial score (nSPS) is 16.6. The van der Waals surface area contributed by atoms with Gasteiger partial charge in [-0.1, -0.05) is 0 Å². The van der Waals surface area contributed by atoms with Crippen LogP contribution in [0.1, 0.15) is 17.3 Å². The van der Waals surface area contributed by atoms with Gasteiger partial charge in [0.1, 0.15) is 11.6 Å². The van der Waals surface area contributed by atoms with Gasteiger partial charge in [0.25, 0.3) is 0 Å². The third kappa shape index (κ3) is 2.93. The van der Waals surface area contributed by atoms with Crippen LogP contribution in [-0.4, -0.2) is 56.2 Å². The predicted molar refractivity (Wildman–Crippen MR) is 75.4 cm³/mol. The molecule has 0 unspecified atom stereocenters. The SMILES string of the molecule is Cc1ccnc(CN2CCN(c3n[nH]c(C)n3)CC2)n1. The van der Waals surface area contributed by atoms with Crippen LogP contribution in [0, 0.1) is 13.8 Å². The lowest BCUT2D eigenvalue weighted by Gasteiger charge is -2.33. The van der Waals surface area contributed by atoms with Crippen molar-refractivity contribution in [1.82, 2.24) is 30.0 Å². The summed E-state index contributed by atoms with van der Waals surface area (Å²) in [6.45, 7) is 8.54. The van der Waals surface area contributed by atoms with Crippen molar-refractivity contribution in [2.75, 3.05) is 31.1 Å². The smallest absolute Gasteiger partial charge is 0.244 e. The maximum Gasteiger partial charge on any atom is 0.244 e. The molecule has 2 aromatic rings. The molecule has 20 heavy (non-hydrogen) atoms. The summed E-state index contributed by atoms with van der Waals surface area (Å²) in [4.78, 5) is 17.7. The number of hydrogen-bond donors (Lipinski definition) is 1. The highest BCUT2D eigenvalue weighted by atomic mass is 15.4. The summed E-state index contributed by atoms with van der Waals surface area (Å²) in [5.41, 5.74) is 1.02. The monoisotopic (exact) mass is 273 g/mol. The summed E-state index contributed by atoms with van der Waals surface area (Å²) in [6.07, 6.45) is 1.82. The van der Waals surface area contributed by atoms with Crippen LogP contribution < -0.4 is 4.90 Å². The minimum atomic E-state index is 0.800. The van der Waals surface area contributed by atoms with E-state index in [-0.39, 0.29) is 0 Å². The average molecular weight is 273 g/mol. The number of aromatic amines is 1. The minimum Gasteiger partial charge on any atom is -0.337 e. The quantitative estimate of drug-likeness (QED) is 0.879. The standard InChI is InChI=1S/C13H19N7/c1-10-3-4-14-12(15-10)9-19-5-7-20(8-6-19)13-16-11(2)17-18-13/h3-4H,5-9H2,1-2H3,(H,16,17,18). The number of hydrogen-bond acceptors (Lipinski definition) is 6. The second kappa shape index (κ2) is 5.54. The van der Waals surface area contributed by atoms with Crippen LogP contribution in [0.3, 0.4) is 0 Å². The van der Waals surface area contributed by atoms with E-state index in [2.05, 4.69) is 34.9 Å². The molecule has 0 aromatic carbocycles. The van der Waals surface area contributed by atoms with Gasteiger partial charge in [0.2, 0.25) is 5.95 Å². The van der Waals surface area contributed by atoms with Gasteiger partial charge in [0.15, 0.2) is 0 Å². The van der Waals surface area contributed by atoms with Crippen LogP contribution in [0.4, 0.5) is 5.95 Å². The van der Waals surface area contributed by atoms with E-state index in [0.717, 1.165) is 56.0 Å². The maximum atomic E-state index is 4.45. The molecule has 2 aromatic heterocycles. The zero-order valence-corrected chi connectivity index (χ0v) is 11.9. The van der Waals surface area contributed by atoms with Crippen molar-refractivity contribution in [1.29, 1.82) is 0 Å². The fourth-order valence-electron chi connectivity index (χ4n) is 2.36. The molecule has 0 atom stereocenters. The van der Waals surface area contributed by atoms with Crippen molar-refractivity contribution in [2.45, 2.75) is 20.4 Å². The molecule has 0 bridgehead atoms. The predicted octanol–water partition coefficient (Wildman–Crippen LogP) is 0.534. The first-order chi connectivity index (χ1) is 9.70. The van der Waals surface area contributed by atoms with Gasteiger partial charge in [0.05, 0.1) is 6.54 Å². The molecule has 1 aliphatic heterocycles. The van der Waals surface area contributed by atoms with Crippen LogP contribution in [0.2, 0.25) is 0 Å². The largest absolute Gasteiger partial charge is 0.337 e. The van der Waals surface area contributed by atoms with Gasteiger partial charge in [-0.05, 0) is 19.9 Å². The van der Waals surface area contributed by atoms with Crippen LogP contribution in [0.25, 0.3) is 0 Å². The topological polar surface area (TPSA) is 73.8 Å². The van der Waals surface area contributed by atoms with Crippen molar-refractivity contribution in [2.24, 2.45) is 0 Å². The number of nitrogens with zero attached hydrogens (tertiary/aromatic N) is 6. The molecule has 3 heterocycles. The molecule has 106 valence electrons. The fourth-order valence-corrected chi connectivity index (χ4v) is 2.36. The molecule has 1 saturated heterocycles. The molecule has 7 heteroatoms. The number of anilines is 1. The van der Waals surface area contributed by atoms with Gasteiger partial charge >= 0.3 is 0 Å². The summed E-state index contributed by atoms with van der Waals surface area (Å²) in [6, 6.07) is 1.92. The highest BCUT2D eigenvalue weighted by Crippen LogP contribution is 2.11. The average Bonchev–Trinajstić information content (AvgIpc) is 2.86. The molecule has 0 saturated carbocycles. The Morgan fingerprint density at radius 1 is 1.15 bits per heavy atom. The maximum absolute atomic E-state index is 4.45. The highest BCUT2D eigenvalue weighted by molar-refractivity contribution is 5.29. The summed E-state index contributed by atoms with van der Waals surface area (Å²) in [5.74, 6) is 2.55. The van der Waals surface area contributed by atoms with E-state index < -0.39 is 0 Å². The summed E-state index contributed by atoms with van der Waals surface area (Å²) in [5, 5.41) is 7.09. The van der Waals surface area contributed by atoms with Gasteiger partial charge in [-0.15, -0.1) is 5.10 Å². The molecular weight excluding hydrogens is 254 g/mol. The van der Waals surface area contributed by atoms with E-state index in [1.807, 2.05) is 26.1 Å². The first-order valence-corrected chi connectivity index (χ1v) is 6.85. The Balaban J connectivity index is 1.56. The molecule has 7 nitrogen and oxygen atoms in total. The second-order valence-electron chi connectivity index (χ2n) is 5.10. The number of piperazine rings is 1. The number of rotatable bonds is 3. The Kier molecular flexibility index (Phi) is 3.60. The first kappa shape index (κ1) is 13.0. The van der Waals surface area contributed by atoms with Crippen molar-refractivity contribution < 1.29 is 0 Å². The van der Waals surface area contributed by atoms with Gasteiger partial charge in [-0.25, -0.2) is 9.97 Å². The number of aromatic nitrogens is 5. The molecule has 1 fully saturated rings. The number of nitrogens with one attached hydrogen (secondary N) is 1. The zero-order valence-electron chi connectivity index (χ0n) is 11.9. The summed E-state index contributed by atoms with van der Waals surface area (Å²) >= 11 is 0. The van der Waals surface area contributed by atoms with Crippen molar-refractivity contribution in [3.05, 3.63) is 29.6 Å². The Labute approximate surface area is 118 Å². The lowest BCUT2D eigenvalue weighted by Crippen LogP contribution is -2.46. The number of H-pyrrole nitrogens is 1. The van der Waals surface area contributed by atoms with Gasteiger partial charge in [0, 0.05) is 38.1 Å². The zero-order chi connectivity index (χ0) is 13.9. The van der Waals surface area contributed by atoms with Gasteiger partial charge in [-0.3, -0.25) is 10.00 Å². The van der Waals surface area contributed by atoms with Crippen molar-refractivity contribution in [3.8, 4) is 0 Å². The van der Waals surface area contributed by atoms with E-state index >= 15 is 0 Å². The highest BCUT2D eigenvalue weighted by Gasteiger charge is 2.20. The van der Waals surface area contributed by atoms with E-state index in [4.69, 9.17) is 0 Å². The Bertz CT molecular complexity index is 572. The van der Waals surface area contributed by atoms with Gasteiger partial charge in [-0.2, -0.15) is 4.98 Å². The minimum absolute atomic E-state index is 0.800. The molecule has 3 rings (SSSR count).